The maximum atomic E-state index is 12.4. The fourth-order valence-electron chi connectivity index (χ4n) is 1.17. The molecule has 0 aromatic heterocycles. The minimum Gasteiger partial charge on any atom is -0.481 e. The second-order valence-electron chi connectivity index (χ2n) is 3.14. The van der Waals surface area contributed by atoms with Crippen molar-refractivity contribution in [2.45, 2.75) is 25.2 Å². The number of allylic oxidation sites excluding steroid dienone is 1. The molecule has 1 N–H and O–H groups in total. The van der Waals surface area contributed by atoms with Crippen LogP contribution in [0.5, 0.6) is 0 Å². The highest BCUT2D eigenvalue weighted by Crippen LogP contribution is 2.55. The van der Waals surface area contributed by atoms with E-state index in [2.05, 4.69) is 6.58 Å². The van der Waals surface area contributed by atoms with E-state index in [-0.39, 0.29) is 0 Å². The zero-order chi connectivity index (χ0) is 13.2. The predicted octanol–water partition coefficient (Wildman–Crippen LogP) is 3.15. The third-order valence-electron chi connectivity index (χ3n) is 2.03. The number of halogens is 6. The van der Waals surface area contributed by atoms with Crippen LogP contribution in [0.2, 0.25) is 0 Å². The van der Waals surface area contributed by atoms with Gasteiger partial charge in [0.05, 0.1) is 6.42 Å². The molecule has 0 atom stereocenters. The first kappa shape index (κ1) is 14.8. The summed E-state index contributed by atoms with van der Waals surface area (Å²) in [7, 11) is 0. The van der Waals surface area contributed by atoms with Gasteiger partial charge >= 0.3 is 18.3 Å². The fraction of sp³-hybridized carbons (Fsp3) is 0.625. The van der Waals surface area contributed by atoms with Gasteiger partial charge in [0.2, 0.25) is 0 Å². The monoisotopic (exact) mass is 250 g/mol. The number of carboxylic acids is 1. The Morgan fingerprint density at radius 1 is 1.12 bits per heavy atom. The Bertz CT molecular complexity index is 263. The number of rotatable bonds is 4. The maximum absolute atomic E-state index is 12.4. The Labute approximate surface area is 86.6 Å². The molecule has 0 unspecified atom stereocenters. The van der Waals surface area contributed by atoms with Crippen LogP contribution in [-0.2, 0) is 4.79 Å². The van der Waals surface area contributed by atoms with Crippen LogP contribution in [0.15, 0.2) is 12.7 Å². The Kier molecular flexibility index (Phi) is 4.01. The molecule has 0 aromatic carbocycles. The molecule has 0 aliphatic carbocycles. The Balaban J connectivity index is 5.58. The summed E-state index contributed by atoms with van der Waals surface area (Å²) in [6.07, 6.45) is -14.6. The van der Waals surface area contributed by atoms with Gasteiger partial charge in [-0.2, -0.15) is 26.3 Å². The standard InChI is InChI=1S/C8H8F6O2/c1-2-3-6(4-5(15)16,7(9,10)11)8(12,13)14/h2H,1,3-4H2,(H,15,16). The summed E-state index contributed by atoms with van der Waals surface area (Å²) in [5.74, 6) is -2.17. The smallest absolute Gasteiger partial charge is 0.404 e. The van der Waals surface area contributed by atoms with E-state index >= 15 is 0 Å². The lowest BCUT2D eigenvalue weighted by Gasteiger charge is -2.35. The fourth-order valence-corrected chi connectivity index (χ4v) is 1.17. The van der Waals surface area contributed by atoms with Crippen molar-refractivity contribution in [3.05, 3.63) is 12.7 Å². The first-order chi connectivity index (χ1) is 6.98. The van der Waals surface area contributed by atoms with Gasteiger partial charge in [-0.3, -0.25) is 4.79 Å². The highest BCUT2D eigenvalue weighted by Gasteiger charge is 2.70. The normalized spacial score (nSPS) is 13.6. The molecule has 8 heteroatoms. The van der Waals surface area contributed by atoms with E-state index < -0.39 is 36.6 Å². The molecule has 0 bridgehead atoms. The molecule has 0 saturated heterocycles. The van der Waals surface area contributed by atoms with E-state index in [1.165, 1.54) is 0 Å². The van der Waals surface area contributed by atoms with Crippen molar-refractivity contribution in [3.8, 4) is 0 Å². The van der Waals surface area contributed by atoms with Crippen molar-refractivity contribution in [2.75, 3.05) is 0 Å². The summed E-state index contributed by atoms with van der Waals surface area (Å²) in [6.45, 7) is 2.79. The minimum atomic E-state index is -5.70. The van der Waals surface area contributed by atoms with E-state index in [0.717, 1.165) is 0 Å². The summed E-state index contributed by atoms with van der Waals surface area (Å²) in [5, 5.41) is 8.17. The summed E-state index contributed by atoms with van der Waals surface area (Å²) in [4.78, 5) is 10.1. The van der Waals surface area contributed by atoms with Crippen LogP contribution in [0.4, 0.5) is 26.3 Å². The third kappa shape index (κ3) is 2.67. The van der Waals surface area contributed by atoms with E-state index in [1.807, 2.05) is 0 Å². The summed E-state index contributed by atoms with van der Waals surface area (Å²) in [6, 6.07) is 0. The SMILES string of the molecule is C=CCC(CC(=O)O)(C(F)(F)F)C(F)(F)F. The van der Waals surface area contributed by atoms with Crippen LogP contribution in [0, 0.1) is 5.41 Å². The van der Waals surface area contributed by atoms with Crippen molar-refractivity contribution in [1.29, 1.82) is 0 Å². The van der Waals surface area contributed by atoms with Crippen LogP contribution in [0.25, 0.3) is 0 Å². The van der Waals surface area contributed by atoms with E-state index in [1.54, 1.807) is 0 Å². The zero-order valence-electron chi connectivity index (χ0n) is 7.82. The lowest BCUT2D eigenvalue weighted by atomic mass is 9.79. The minimum absolute atomic E-state index is 0.407. The van der Waals surface area contributed by atoms with Gasteiger partial charge in [0, 0.05) is 0 Å². The van der Waals surface area contributed by atoms with Crippen molar-refractivity contribution < 1.29 is 36.2 Å². The predicted molar refractivity (Wildman–Crippen MR) is 41.6 cm³/mol. The van der Waals surface area contributed by atoms with Gasteiger partial charge < -0.3 is 5.11 Å². The third-order valence-corrected chi connectivity index (χ3v) is 2.03. The second kappa shape index (κ2) is 4.34. The largest absolute Gasteiger partial charge is 0.481 e. The number of hydrogen-bond acceptors (Lipinski definition) is 1. The molecular weight excluding hydrogens is 242 g/mol. The van der Waals surface area contributed by atoms with Crippen LogP contribution < -0.4 is 0 Å². The molecule has 0 radical (unpaired) electrons. The van der Waals surface area contributed by atoms with Crippen molar-refractivity contribution in [3.63, 3.8) is 0 Å². The summed E-state index contributed by atoms with van der Waals surface area (Å²) >= 11 is 0. The van der Waals surface area contributed by atoms with Crippen LogP contribution in [0.3, 0.4) is 0 Å². The van der Waals surface area contributed by atoms with Gasteiger partial charge in [-0.1, -0.05) is 6.08 Å². The quantitative estimate of drug-likeness (QED) is 0.614. The molecule has 0 aromatic rings. The van der Waals surface area contributed by atoms with Crippen molar-refractivity contribution in [2.24, 2.45) is 5.41 Å². The number of alkyl halides is 6. The number of aliphatic carboxylic acids is 1. The molecule has 0 amide bonds. The van der Waals surface area contributed by atoms with Gasteiger partial charge in [-0.25, -0.2) is 0 Å². The van der Waals surface area contributed by atoms with Gasteiger partial charge in [0.1, 0.15) is 0 Å². The Morgan fingerprint density at radius 2 is 1.50 bits per heavy atom. The Morgan fingerprint density at radius 3 is 1.69 bits per heavy atom. The molecule has 0 rings (SSSR count). The number of hydrogen-bond donors (Lipinski definition) is 1. The first-order valence-electron chi connectivity index (χ1n) is 3.94. The van der Waals surface area contributed by atoms with E-state index in [4.69, 9.17) is 5.11 Å². The average molecular weight is 250 g/mol. The first-order valence-corrected chi connectivity index (χ1v) is 3.94. The highest BCUT2D eigenvalue weighted by molar-refractivity contribution is 5.68. The topological polar surface area (TPSA) is 37.3 Å². The maximum Gasteiger partial charge on any atom is 0.404 e. The number of carbonyl (C=O) groups is 1. The number of carboxylic acid groups (broad SMARTS) is 1. The lowest BCUT2D eigenvalue weighted by molar-refractivity contribution is -0.340. The zero-order valence-corrected chi connectivity index (χ0v) is 7.82. The molecule has 0 aliphatic heterocycles. The lowest BCUT2D eigenvalue weighted by Crippen LogP contribution is -2.51. The second-order valence-corrected chi connectivity index (χ2v) is 3.14. The Hall–Kier alpha value is -1.21. The van der Waals surface area contributed by atoms with Gasteiger partial charge in [-0.15, -0.1) is 6.58 Å². The molecule has 94 valence electrons. The molecule has 0 saturated carbocycles. The van der Waals surface area contributed by atoms with E-state index in [0.29, 0.717) is 6.08 Å². The van der Waals surface area contributed by atoms with Crippen molar-refractivity contribution in [1.82, 2.24) is 0 Å². The average Bonchev–Trinajstić information content (AvgIpc) is 1.98. The van der Waals surface area contributed by atoms with Crippen LogP contribution >= 0.6 is 0 Å². The molecule has 0 spiro atoms. The highest BCUT2D eigenvalue weighted by atomic mass is 19.4. The molecule has 0 fully saturated rings. The van der Waals surface area contributed by atoms with E-state index in [9.17, 15) is 31.1 Å². The summed E-state index contributed by atoms with van der Waals surface area (Å²) in [5.41, 5.74) is -4.27. The van der Waals surface area contributed by atoms with Gasteiger partial charge in [0.15, 0.2) is 5.41 Å². The molecule has 16 heavy (non-hydrogen) atoms. The van der Waals surface area contributed by atoms with Crippen LogP contribution in [-0.4, -0.2) is 23.4 Å². The molecular formula is C8H8F6O2. The molecule has 0 heterocycles. The summed E-state index contributed by atoms with van der Waals surface area (Å²) < 4.78 is 74.3. The molecule has 0 aliphatic rings. The van der Waals surface area contributed by atoms with Crippen molar-refractivity contribution >= 4 is 5.97 Å². The molecule has 2 nitrogen and oxygen atoms in total. The van der Waals surface area contributed by atoms with Gasteiger partial charge in [-0.05, 0) is 6.42 Å². The van der Waals surface area contributed by atoms with Crippen LogP contribution in [0.1, 0.15) is 12.8 Å². The van der Waals surface area contributed by atoms with Gasteiger partial charge in [0.25, 0.3) is 0 Å².